The molecule has 1 aliphatic carbocycles. The standard InChI is InChI=1S/C13H17Cl/c1-9-6-7-11(8-10(9)2)12-4-3-5-13(12)14/h6-8,12-13H,3-5H2,1-2H3. The predicted molar refractivity (Wildman–Crippen MR) is 62.1 cm³/mol. The Morgan fingerprint density at radius 2 is 1.93 bits per heavy atom. The van der Waals surface area contributed by atoms with Crippen LogP contribution in [-0.4, -0.2) is 5.38 Å². The van der Waals surface area contributed by atoms with E-state index in [1.807, 2.05) is 0 Å². The molecule has 2 unspecified atom stereocenters. The lowest BCUT2D eigenvalue weighted by atomic mass is 9.94. The number of halogens is 1. The van der Waals surface area contributed by atoms with Crippen LogP contribution in [-0.2, 0) is 0 Å². The first kappa shape index (κ1) is 10.0. The van der Waals surface area contributed by atoms with Gasteiger partial charge in [-0.1, -0.05) is 24.6 Å². The predicted octanol–water partition coefficient (Wildman–Crippen LogP) is 4.18. The second-order valence-corrected chi connectivity index (χ2v) is 4.96. The number of hydrogen-bond donors (Lipinski definition) is 0. The average Bonchev–Trinajstić information content (AvgIpc) is 2.57. The monoisotopic (exact) mass is 208 g/mol. The summed E-state index contributed by atoms with van der Waals surface area (Å²) < 4.78 is 0. The van der Waals surface area contributed by atoms with Crippen LogP contribution in [0.4, 0.5) is 0 Å². The van der Waals surface area contributed by atoms with E-state index in [2.05, 4.69) is 32.0 Å². The molecule has 76 valence electrons. The van der Waals surface area contributed by atoms with Gasteiger partial charge in [0.2, 0.25) is 0 Å². The van der Waals surface area contributed by atoms with E-state index in [9.17, 15) is 0 Å². The minimum Gasteiger partial charge on any atom is -0.122 e. The summed E-state index contributed by atoms with van der Waals surface area (Å²) in [5.74, 6) is 0.593. The summed E-state index contributed by atoms with van der Waals surface area (Å²) in [6, 6.07) is 6.76. The Morgan fingerprint density at radius 3 is 2.50 bits per heavy atom. The van der Waals surface area contributed by atoms with E-state index >= 15 is 0 Å². The summed E-state index contributed by atoms with van der Waals surface area (Å²) in [5, 5.41) is 0.358. The lowest BCUT2D eigenvalue weighted by Crippen LogP contribution is -2.05. The van der Waals surface area contributed by atoms with Gasteiger partial charge in [-0.15, -0.1) is 11.6 Å². The first-order chi connectivity index (χ1) is 6.68. The van der Waals surface area contributed by atoms with Crippen LogP contribution in [0.5, 0.6) is 0 Å². The zero-order valence-electron chi connectivity index (χ0n) is 8.89. The lowest BCUT2D eigenvalue weighted by molar-refractivity contribution is 0.729. The van der Waals surface area contributed by atoms with Crippen molar-refractivity contribution in [1.82, 2.24) is 0 Å². The quantitative estimate of drug-likeness (QED) is 0.608. The molecule has 0 bridgehead atoms. The van der Waals surface area contributed by atoms with Gasteiger partial charge in [0.1, 0.15) is 0 Å². The van der Waals surface area contributed by atoms with Gasteiger partial charge in [0, 0.05) is 11.3 Å². The van der Waals surface area contributed by atoms with Crippen molar-refractivity contribution in [1.29, 1.82) is 0 Å². The Kier molecular flexibility index (Phi) is 2.83. The van der Waals surface area contributed by atoms with Crippen LogP contribution in [0.1, 0.15) is 41.9 Å². The van der Waals surface area contributed by atoms with E-state index in [4.69, 9.17) is 11.6 Å². The van der Waals surface area contributed by atoms with Gasteiger partial charge >= 0.3 is 0 Å². The molecule has 2 atom stereocenters. The molecule has 0 spiro atoms. The molecule has 1 aromatic carbocycles. The first-order valence-electron chi connectivity index (χ1n) is 5.39. The molecule has 0 nitrogen and oxygen atoms in total. The Morgan fingerprint density at radius 1 is 1.14 bits per heavy atom. The summed E-state index contributed by atoms with van der Waals surface area (Å²) >= 11 is 6.30. The van der Waals surface area contributed by atoms with Crippen molar-refractivity contribution in [2.45, 2.75) is 44.4 Å². The van der Waals surface area contributed by atoms with E-state index < -0.39 is 0 Å². The summed E-state index contributed by atoms with van der Waals surface area (Å²) in [6.45, 7) is 4.34. The molecule has 0 radical (unpaired) electrons. The molecule has 0 heterocycles. The third-order valence-corrected chi connectivity index (χ3v) is 3.91. The van der Waals surface area contributed by atoms with E-state index in [1.54, 1.807) is 0 Å². The highest BCUT2D eigenvalue weighted by Crippen LogP contribution is 2.38. The Labute approximate surface area is 91.3 Å². The summed E-state index contributed by atoms with van der Waals surface area (Å²) in [6.07, 6.45) is 3.72. The second-order valence-electron chi connectivity index (χ2n) is 4.40. The Hall–Kier alpha value is -0.490. The Bertz CT molecular complexity index is 330. The van der Waals surface area contributed by atoms with Crippen LogP contribution in [0.25, 0.3) is 0 Å². The molecule has 1 saturated carbocycles. The van der Waals surface area contributed by atoms with Crippen LogP contribution in [0, 0.1) is 13.8 Å². The molecule has 14 heavy (non-hydrogen) atoms. The van der Waals surface area contributed by atoms with Crippen molar-refractivity contribution < 1.29 is 0 Å². The molecule has 0 saturated heterocycles. The maximum atomic E-state index is 6.30. The minimum absolute atomic E-state index is 0.358. The topological polar surface area (TPSA) is 0 Å². The number of benzene rings is 1. The fraction of sp³-hybridized carbons (Fsp3) is 0.538. The van der Waals surface area contributed by atoms with Crippen molar-refractivity contribution >= 4 is 11.6 Å². The van der Waals surface area contributed by atoms with Gasteiger partial charge in [-0.25, -0.2) is 0 Å². The highest BCUT2D eigenvalue weighted by Gasteiger charge is 2.26. The maximum Gasteiger partial charge on any atom is 0.0404 e. The fourth-order valence-corrected chi connectivity index (χ4v) is 2.71. The first-order valence-corrected chi connectivity index (χ1v) is 5.83. The molecule has 2 rings (SSSR count). The van der Waals surface area contributed by atoms with Gasteiger partial charge in [0.05, 0.1) is 0 Å². The van der Waals surface area contributed by atoms with Gasteiger partial charge in [0.25, 0.3) is 0 Å². The third kappa shape index (κ3) is 1.81. The molecule has 1 aliphatic rings. The molecule has 1 fully saturated rings. The molecular formula is C13H17Cl. The zero-order valence-corrected chi connectivity index (χ0v) is 9.64. The highest BCUT2D eigenvalue weighted by molar-refractivity contribution is 6.21. The van der Waals surface area contributed by atoms with Gasteiger partial charge in [-0.2, -0.15) is 0 Å². The smallest absolute Gasteiger partial charge is 0.0404 e. The van der Waals surface area contributed by atoms with Gasteiger partial charge < -0.3 is 0 Å². The Balaban J connectivity index is 2.28. The number of aryl methyl sites for hydroxylation is 2. The molecule has 0 N–H and O–H groups in total. The third-order valence-electron chi connectivity index (χ3n) is 3.39. The zero-order chi connectivity index (χ0) is 10.1. The minimum atomic E-state index is 0.358. The lowest BCUT2D eigenvalue weighted by Gasteiger charge is -2.15. The van der Waals surface area contributed by atoms with E-state index in [0.29, 0.717) is 11.3 Å². The van der Waals surface area contributed by atoms with Crippen LogP contribution in [0.15, 0.2) is 18.2 Å². The summed E-state index contributed by atoms with van der Waals surface area (Å²) in [7, 11) is 0. The molecule has 0 aliphatic heterocycles. The number of alkyl halides is 1. The molecule has 0 aromatic heterocycles. The maximum absolute atomic E-state index is 6.30. The van der Waals surface area contributed by atoms with Gasteiger partial charge in [-0.3, -0.25) is 0 Å². The summed E-state index contributed by atoms with van der Waals surface area (Å²) in [4.78, 5) is 0. The van der Waals surface area contributed by atoms with Gasteiger partial charge in [-0.05, 0) is 43.4 Å². The normalized spacial score (nSPS) is 26.8. The van der Waals surface area contributed by atoms with Crippen LogP contribution in [0.3, 0.4) is 0 Å². The van der Waals surface area contributed by atoms with Crippen molar-refractivity contribution in [3.05, 3.63) is 34.9 Å². The van der Waals surface area contributed by atoms with Crippen molar-refractivity contribution in [2.75, 3.05) is 0 Å². The summed E-state index contributed by atoms with van der Waals surface area (Å²) in [5.41, 5.74) is 4.20. The largest absolute Gasteiger partial charge is 0.122 e. The molecule has 0 amide bonds. The van der Waals surface area contributed by atoms with E-state index in [0.717, 1.165) is 0 Å². The number of rotatable bonds is 1. The van der Waals surface area contributed by atoms with Crippen LogP contribution in [0.2, 0.25) is 0 Å². The van der Waals surface area contributed by atoms with Crippen LogP contribution < -0.4 is 0 Å². The van der Waals surface area contributed by atoms with E-state index in [-0.39, 0.29) is 0 Å². The average molecular weight is 209 g/mol. The fourth-order valence-electron chi connectivity index (χ4n) is 2.29. The molecule has 1 aromatic rings. The highest BCUT2D eigenvalue weighted by atomic mass is 35.5. The second kappa shape index (κ2) is 3.94. The van der Waals surface area contributed by atoms with Crippen LogP contribution >= 0.6 is 11.6 Å². The van der Waals surface area contributed by atoms with Crippen molar-refractivity contribution in [3.63, 3.8) is 0 Å². The molecular weight excluding hydrogens is 192 g/mol. The van der Waals surface area contributed by atoms with Gasteiger partial charge in [0.15, 0.2) is 0 Å². The van der Waals surface area contributed by atoms with E-state index in [1.165, 1.54) is 36.0 Å². The molecule has 1 heteroatoms. The van der Waals surface area contributed by atoms with Crippen molar-refractivity contribution in [2.24, 2.45) is 0 Å². The SMILES string of the molecule is Cc1ccc(C2CCCC2Cl)cc1C. The number of hydrogen-bond acceptors (Lipinski definition) is 0. The van der Waals surface area contributed by atoms with Crippen molar-refractivity contribution in [3.8, 4) is 0 Å².